The van der Waals surface area contributed by atoms with Gasteiger partial charge in [-0.1, -0.05) is 101 Å². The Balaban J connectivity index is 1.54. The minimum Gasteiger partial charge on any atom is -0.274 e. The zero-order chi connectivity index (χ0) is 25.2. The molecule has 0 spiro atoms. The highest BCUT2D eigenvalue weighted by atomic mass is 16.2. The second-order valence-corrected chi connectivity index (χ2v) is 9.36. The van der Waals surface area contributed by atoms with E-state index in [1.165, 1.54) is 32.1 Å². The molecule has 0 amide bonds. The summed E-state index contributed by atoms with van der Waals surface area (Å²) >= 11 is 0. The van der Waals surface area contributed by atoms with Crippen molar-refractivity contribution >= 4 is 0 Å². The van der Waals surface area contributed by atoms with E-state index in [1.807, 2.05) is 22.8 Å². The molecule has 4 aromatic rings. The molecule has 2 aromatic carbocycles. The molecule has 0 bridgehead atoms. The van der Waals surface area contributed by atoms with Gasteiger partial charge in [-0.05, 0) is 34.7 Å². The Bertz CT molecular complexity index is 1260. The van der Waals surface area contributed by atoms with Gasteiger partial charge in [0, 0.05) is 18.5 Å². The molecule has 0 aliphatic carbocycles. The number of aromatic nitrogens is 7. The van der Waals surface area contributed by atoms with Crippen molar-refractivity contribution in [2.45, 2.75) is 84.7 Å². The first kappa shape index (κ1) is 25.5. The van der Waals surface area contributed by atoms with E-state index in [-0.39, 0.29) is 5.69 Å². The molecule has 1 N–H and O–H groups in total. The van der Waals surface area contributed by atoms with Crippen LogP contribution in [0.1, 0.15) is 76.6 Å². The van der Waals surface area contributed by atoms with Gasteiger partial charge in [0.05, 0.1) is 6.54 Å². The van der Waals surface area contributed by atoms with E-state index in [0.29, 0.717) is 18.9 Å². The third-order valence-electron chi connectivity index (χ3n) is 6.60. The van der Waals surface area contributed by atoms with Crippen LogP contribution in [0.3, 0.4) is 0 Å². The van der Waals surface area contributed by atoms with Crippen LogP contribution in [0, 0.1) is 0 Å². The van der Waals surface area contributed by atoms with Crippen LogP contribution in [0.25, 0.3) is 22.5 Å². The van der Waals surface area contributed by atoms with E-state index in [2.05, 4.69) is 64.8 Å². The first-order chi connectivity index (χ1) is 17.7. The third-order valence-corrected chi connectivity index (χ3v) is 6.60. The fourth-order valence-electron chi connectivity index (χ4n) is 4.55. The lowest BCUT2D eigenvalue weighted by Crippen LogP contribution is -2.26. The van der Waals surface area contributed by atoms with Crippen molar-refractivity contribution in [3.8, 4) is 22.5 Å². The van der Waals surface area contributed by atoms with Gasteiger partial charge < -0.3 is 0 Å². The predicted molar refractivity (Wildman–Crippen MR) is 143 cm³/mol. The van der Waals surface area contributed by atoms with E-state index in [9.17, 15) is 4.79 Å². The Morgan fingerprint density at radius 1 is 0.833 bits per heavy atom. The van der Waals surface area contributed by atoms with Crippen LogP contribution in [-0.2, 0) is 19.5 Å². The third kappa shape index (κ3) is 6.36. The largest absolute Gasteiger partial charge is 0.346 e. The minimum absolute atomic E-state index is 0.00326. The maximum atomic E-state index is 13.3. The van der Waals surface area contributed by atoms with Crippen LogP contribution < -0.4 is 5.69 Å². The number of hydrogen-bond donors (Lipinski definition) is 1. The maximum absolute atomic E-state index is 13.3. The zero-order valence-electron chi connectivity index (χ0n) is 21.5. The number of aromatic amines is 1. The molecule has 0 radical (unpaired) electrons. The Kier molecular flexibility index (Phi) is 9.19. The van der Waals surface area contributed by atoms with Crippen molar-refractivity contribution in [1.29, 1.82) is 0 Å². The van der Waals surface area contributed by atoms with Gasteiger partial charge in [-0.15, -0.1) is 10.2 Å². The summed E-state index contributed by atoms with van der Waals surface area (Å²) in [6, 6.07) is 16.4. The fourth-order valence-corrected chi connectivity index (χ4v) is 4.55. The topological polar surface area (TPSA) is 94.3 Å². The molecule has 2 aromatic heterocycles. The second kappa shape index (κ2) is 13.0. The molecule has 0 aliphatic rings. The van der Waals surface area contributed by atoms with Crippen LogP contribution in [0.5, 0.6) is 0 Å². The summed E-state index contributed by atoms with van der Waals surface area (Å²) < 4.78 is 3.55. The standard InChI is InChI=1S/C28H37N7O/c1-3-5-7-9-15-26-31-35(20-12-8-6-4-2)28(36)34(26)21-22-16-18-23(19-17-22)24-13-10-11-14-25(24)27-29-32-33-30-27/h10-11,13-14,16-19H,3-9,12,15,20-21H2,1-2H3,(H,29,30,32,33). The van der Waals surface area contributed by atoms with Crippen molar-refractivity contribution in [2.24, 2.45) is 0 Å². The van der Waals surface area contributed by atoms with Crippen molar-refractivity contribution in [1.82, 2.24) is 35.0 Å². The normalized spacial score (nSPS) is 11.3. The SMILES string of the molecule is CCCCCCc1nn(CCCCCC)c(=O)n1Cc1ccc(-c2ccccc2-c2nn[nH]n2)cc1. The Morgan fingerprint density at radius 3 is 2.25 bits per heavy atom. The van der Waals surface area contributed by atoms with Crippen molar-refractivity contribution in [3.05, 3.63) is 70.4 Å². The smallest absolute Gasteiger partial charge is 0.274 e. The highest BCUT2D eigenvalue weighted by Crippen LogP contribution is 2.29. The lowest BCUT2D eigenvalue weighted by Gasteiger charge is -2.09. The second-order valence-electron chi connectivity index (χ2n) is 9.36. The van der Waals surface area contributed by atoms with E-state index in [0.717, 1.165) is 53.8 Å². The minimum atomic E-state index is 0.00326. The molecule has 8 nitrogen and oxygen atoms in total. The molecule has 0 atom stereocenters. The molecule has 4 rings (SSSR count). The molecule has 0 fully saturated rings. The number of aryl methyl sites for hydroxylation is 2. The van der Waals surface area contributed by atoms with Gasteiger partial charge in [-0.3, -0.25) is 4.57 Å². The van der Waals surface area contributed by atoms with Gasteiger partial charge in [0.2, 0.25) is 5.82 Å². The van der Waals surface area contributed by atoms with E-state index >= 15 is 0 Å². The first-order valence-corrected chi connectivity index (χ1v) is 13.3. The summed E-state index contributed by atoms with van der Waals surface area (Å²) in [5.41, 5.74) is 4.12. The van der Waals surface area contributed by atoms with Gasteiger partial charge in [0.1, 0.15) is 5.82 Å². The molecule has 190 valence electrons. The Labute approximate surface area is 212 Å². The average Bonchev–Trinajstić information content (AvgIpc) is 3.54. The number of tetrazole rings is 1. The highest BCUT2D eigenvalue weighted by Gasteiger charge is 2.15. The number of benzene rings is 2. The number of nitrogens with zero attached hydrogens (tertiary/aromatic N) is 6. The lowest BCUT2D eigenvalue weighted by atomic mass is 9.98. The molecule has 0 saturated carbocycles. The summed E-state index contributed by atoms with van der Waals surface area (Å²) in [6.45, 7) is 5.64. The highest BCUT2D eigenvalue weighted by molar-refractivity contribution is 5.80. The fraction of sp³-hybridized carbons (Fsp3) is 0.464. The summed E-state index contributed by atoms with van der Waals surface area (Å²) in [5, 5.41) is 19.3. The number of unbranched alkanes of at least 4 members (excludes halogenated alkanes) is 6. The average molecular weight is 488 g/mol. The molecule has 36 heavy (non-hydrogen) atoms. The van der Waals surface area contributed by atoms with Gasteiger partial charge in [0.25, 0.3) is 0 Å². The van der Waals surface area contributed by atoms with Crippen LogP contribution in [0.2, 0.25) is 0 Å². The Hall–Kier alpha value is -3.55. The van der Waals surface area contributed by atoms with Gasteiger partial charge >= 0.3 is 5.69 Å². The van der Waals surface area contributed by atoms with E-state index in [1.54, 1.807) is 4.68 Å². The van der Waals surface area contributed by atoms with Crippen LogP contribution in [0.4, 0.5) is 0 Å². The number of H-pyrrole nitrogens is 1. The first-order valence-electron chi connectivity index (χ1n) is 13.3. The zero-order valence-corrected chi connectivity index (χ0v) is 21.5. The number of hydrogen-bond acceptors (Lipinski definition) is 5. The van der Waals surface area contributed by atoms with Gasteiger partial charge in [-0.2, -0.15) is 10.3 Å². The van der Waals surface area contributed by atoms with Crippen LogP contribution in [0.15, 0.2) is 53.3 Å². The lowest BCUT2D eigenvalue weighted by molar-refractivity contribution is 0.520. The van der Waals surface area contributed by atoms with Gasteiger partial charge in [0.15, 0.2) is 0 Å². The van der Waals surface area contributed by atoms with E-state index < -0.39 is 0 Å². The van der Waals surface area contributed by atoms with Crippen molar-refractivity contribution in [3.63, 3.8) is 0 Å². The molecule has 8 heteroatoms. The van der Waals surface area contributed by atoms with Crippen molar-refractivity contribution in [2.75, 3.05) is 0 Å². The molecular formula is C28H37N7O. The Morgan fingerprint density at radius 2 is 1.56 bits per heavy atom. The maximum Gasteiger partial charge on any atom is 0.346 e. The van der Waals surface area contributed by atoms with Crippen LogP contribution in [-0.4, -0.2) is 35.0 Å². The monoisotopic (exact) mass is 487 g/mol. The summed E-state index contributed by atoms with van der Waals surface area (Å²) in [7, 11) is 0. The summed E-state index contributed by atoms with van der Waals surface area (Å²) in [6.07, 6.45) is 9.99. The number of nitrogens with one attached hydrogen (secondary N) is 1. The van der Waals surface area contributed by atoms with Crippen LogP contribution >= 0.6 is 0 Å². The molecular weight excluding hydrogens is 450 g/mol. The molecule has 2 heterocycles. The van der Waals surface area contributed by atoms with Gasteiger partial charge in [-0.25, -0.2) is 9.48 Å². The molecule has 0 aliphatic heterocycles. The summed E-state index contributed by atoms with van der Waals surface area (Å²) in [5.74, 6) is 1.47. The quantitative estimate of drug-likeness (QED) is 0.232. The number of rotatable bonds is 14. The van der Waals surface area contributed by atoms with Crippen molar-refractivity contribution < 1.29 is 0 Å². The van der Waals surface area contributed by atoms with E-state index in [4.69, 9.17) is 5.10 Å². The predicted octanol–water partition coefficient (Wildman–Crippen LogP) is 5.64. The molecule has 0 saturated heterocycles. The summed E-state index contributed by atoms with van der Waals surface area (Å²) in [4.78, 5) is 13.3. The molecule has 0 unspecified atom stereocenters.